The van der Waals surface area contributed by atoms with E-state index in [0.717, 1.165) is 37.9 Å². The zero-order chi connectivity index (χ0) is 15.9. The maximum absolute atomic E-state index is 11.6. The van der Waals surface area contributed by atoms with Gasteiger partial charge in [0.15, 0.2) is 5.96 Å². The molecule has 0 saturated carbocycles. The van der Waals surface area contributed by atoms with Gasteiger partial charge in [0.2, 0.25) is 10.0 Å². The van der Waals surface area contributed by atoms with E-state index in [1.165, 1.54) is 17.1 Å². The van der Waals surface area contributed by atoms with Crippen molar-refractivity contribution in [1.29, 1.82) is 0 Å². The Balaban J connectivity index is 0.00000441. The monoisotopic (exact) mass is 446 g/mol. The zero-order valence-corrected chi connectivity index (χ0v) is 17.4. The van der Waals surface area contributed by atoms with E-state index in [1.54, 1.807) is 21.0 Å². The summed E-state index contributed by atoms with van der Waals surface area (Å²) < 4.78 is 24.7. The van der Waals surface area contributed by atoms with Gasteiger partial charge in [-0.3, -0.25) is 4.99 Å². The lowest BCUT2D eigenvalue weighted by atomic mass is 10.00. The molecule has 1 aliphatic heterocycles. The van der Waals surface area contributed by atoms with Crippen LogP contribution in [0.15, 0.2) is 4.99 Å². The van der Waals surface area contributed by atoms with Crippen molar-refractivity contribution in [3.63, 3.8) is 0 Å². The molecule has 0 aliphatic carbocycles. The molecule has 1 saturated heterocycles. The third-order valence-electron chi connectivity index (χ3n) is 4.07. The Morgan fingerprint density at radius 3 is 2.45 bits per heavy atom. The number of aliphatic imine (C=N–C) groups is 1. The normalized spacial score (nSPS) is 17.5. The SMILES string of the molecule is CCS(=O)(=O)N(C)CCCNC(=NC)N1CCC(C)CC1.I. The maximum atomic E-state index is 11.6. The first-order valence-corrected chi connectivity index (χ1v) is 9.41. The summed E-state index contributed by atoms with van der Waals surface area (Å²) >= 11 is 0. The Labute approximate surface area is 152 Å². The number of nitrogens with one attached hydrogen (secondary N) is 1. The second kappa shape index (κ2) is 10.6. The number of hydrogen-bond donors (Lipinski definition) is 1. The van der Waals surface area contributed by atoms with E-state index in [0.29, 0.717) is 6.54 Å². The fourth-order valence-corrected chi connectivity index (χ4v) is 3.26. The van der Waals surface area contributed by atoms with Gasteiger partial charge in [-0.2, -0.15) is 0 Å². The number of rotatable bonds is 6. The van der Waals surface area contributed by atoms with Crippen molar-refractivity contribution in [2.45, 2.75) is 33.1 Å². The van der Waals surface area contributed by atoms with Crippen molar-refractivity contribution in [3.05, 3.63) is 0 Å². The van der Waals surface area contributed by atoms with Gasteiger partial charge in [-0.1, -0.05) is 6.92 Å². The number of hydrogen-bond acceptors (Lipinski definition) is 3. The smallest absolute Gasteiger partial charge is 0.213 e. The van der Waals surface area contributed by atoms with Crippen molar-refractivity contribution >= 4 is 40.0 Å². The second-order valence-corrected chi connectivity index (χ2v) is 8.08. The van der Waals surface area contributed by atoms with Gasteiger partial charge in [0.1, 0.15) is 0 Å². The standard InChI is InChI=1S/C14H30N4O2S.HI/c1-5-21(19,20)17(4)10-6-9-16-14(15-3)18-11-7-13(2)8-12-18;/h13H,5-12H2,1-4H3,(H,15,16);1H. The van der Waals surface area contributed by atoms with Gasteiger partial charge in [-0.05, 0) is 32.1 Å². The van der Waals surface area contributed by atoms with Gasteiger partial charge in [0.25, 0.3) is 0 Å². The van der Waals surface area contributed by atoms with Gasteiger partial charge in [-0.15, -0.1) is 24.0 Å². The molecule has 6 nitrogen and oxygen atoms in total. The topological polar surface area (TPSA) is 65.0 Å². The van der Waals surface area contributed by atoms with Crippen LogP contribution < -0.4 is 5.32 Å². The highest BCUT2D eigenvalue weighted by atomic mass is 127. The molecule has 1 fully saturated rings. The molecule has 0 bridgehead atoms. The number of sulfonamides is 1. The van der Waals surface area contributed by atoms with Crippen LogP contribution in [-0.4, -0.2) is 69.6 Å². The molecule has 8 heteroatoms. The number of guanidine groups is 1. The van der Waals surface area contributed by atoms with Crippen molar-refractivity contribution in [3.8, 4) is 0 Å². The predicted molar refractivity (Wildman–Crippen MR) is 103 cm³/mol. The molecule has 1 N–H and O–H groups in total. The third kappa shape index (κ3) is 6.99. The number of nitrogens with zero attached hydrogens (tertiary/aromatic N) is 3. The van der Waals surface area contributed by atoms with Crippen molar-refractivity contribution < 1.29 is 8.42 Å². The summed E-state index contributed by atoms with van der Waals surface area (Å²) in [6.45, 7) is 7.33. The highest BCUT2D eigenvalue weighted by molar-refractivity contribution is 14.0. The largest absolute Gasteiger partial charge is 0.356 e. The van der Waals surface area contributed by atoms with Crippen LogP contribution in [0.3, 0.4) is 0 Å². The Morgan fingerprint density at radius 1 is 1.36 bits per heavy atom. The molecule has 0 aromatic rings. The van der Waals surface area contributed by atoms with Gasteiger partial charge in [0.05, 0.1) is 5.75 Å². The fraction of sp³-hybridized carbons (Fsp3) is 0.929. The van der Waals surface area contributed by atoms with Crippen LogP contribution in [0.25, 0.3) is 0 Å². The van der Waals surface area contributed by atoms with E-state index >= 15 is 0 Å². The first-order valence-electron chi connectivity index (χ1n) is 7.80. The summed E-state index contributed by atoms with van der Waals surface area (Å²) in [7, 11) is 0.372. The van der Waals surface area contributed by atoms with Crippen LogP contribution >= 0.6 is 24.0 Å². The van der Waals surface area contributed by atoms with Crippen LogP contribution in [0.1, 0.15) is 33.1 Å². The average Bonchev–Trinajstić information content (AvgIpc) is 2.48. The summed E-state index contributed by atoms with van der Waals surface area (Å²) in [5.74, 6) is 1.89. The summed E-state index contributed by atoms with van der Waals surface area (Å²) in [4.78, 5) is 6.60. The first kappa shape index (κ1) is 21.9. The van der Waals surface area contributed by atoms with Gasteiger partial charge >= 0.3 is 0 Å². The minimum absolute atomic E-state index is 0. The molecule has 0 atom stereocenters. The van der Waals surface area contributed by atoms with Crippen LogP contribution in [0.5, 0.6) is 0 Å². The van der Waals surface area contributed by atoms with Crippen LogP contribution in [0.4, 0.5) is 0 Å². The van der Waals surface area contributed by atoms with Crippen LogP contribution in [0, 0.1) is 5.92 Å². The molecular weight excluding hydrogens is 415 g/mol. The molecule has 1 aliphatic rings. The van der Waals surface area contributed by atoms with Crippen molar-refractivity contribution in [2.75, 3.05) is 46.0 Å². The lowest BCUT2D eigenvalue weighted by molar-refractivity contribution is 0.273. The van der Waals surface area contributed by atoms with E-state index < -0.39 is 10.0 Å². The van der Waals surface area contributed by atoms with E-state index in [-0.39, 0.29) is 29.7 Å². The number of halogens is 1. The lowest BCUT2D eigenvalue weighted by Crippen LogP contribution is -2.46. The van der Waals surface area contributed by atoms with Gasteiger partial charge in [0, 0.05) is 40.3 Å². The molecule has 132 valence electrons. The number of piperidine rings is 1. The van der Waals surface area contributed by atoms with E-state index in [9.17, 15) is 8.42 Å². The highest BCUT2D eigenvalue weighted by Gasteiger charge is 2.18. The van der Waals surface area contributed by atoms with Crippen molar-refractivity contribution in [1.82, 2.24) is 14.5 Å². The Kier molecular flexibility index (Phi) is 10.6. The minimum Gasteiger partial charge on any atom is -0.356 e. The Hall–Kier alpha value is -0.0900. The summed E-state index contributed by atoms with van der Waals surface area (Å²) in [6.07, 6.45) is 3.19. The molecule has 0 spiro atoms. The molecule has 0 aromatic carbocycles. The van der Waals surface area contributed by atoms with Crippen molar-refractivity contribution in [2.24, 2.45) is 10.9 Å². The summed E-state index contributed by atoms with van der Waals surface area (Å²) in [5.41, 5.74) is 0. The predicted octanol–water partition coefficient (Wildman–Crippen LogP) is 1.58. The molecular formula is C14H31IN4O2S. The molecule has 0 amide bonds. The van der Waals surface area contributed by atoms with E-state index in [1.807, 2.05) is 0 Å². The number of likely N-dealkylation sites (tertiary alicyclic amines) is 1. The van der Waals surface area contributed by atoms with Crippen LogP contribution in [-0.2, 0) is 10.0 Å². The third-order valence-corrected chi connectivity index (χ3v) is 5.93. The maximum Gasteiger partial charge on any atom is 0.213 e. The zero-order valence-electron chi connectivity index (χ0n) is 14.2. The summed E-state index contributed by atoms with van der Waals surface area (Å²) in [5, 5.41) is 3.33. The van der Waals surface area contributed by atoms with E-state index in [4.69, 9.17) is 0 Å². The van der Waals surface area contributed by atoms with Gasteiger partial charge in [-0.25, -0.2) is 12.7 Å². The highest BCUT2D eigenvalue weighted by Crippen LogP contribution is 2.15. The fourth-order valence-electron chi connectivity index (χ4n) is 2.41. The van der Waals surface area contributed by atoms with E-state index in [2.05, 4.69) is 22.1 Å². The molecule has 22 heavy (non-hydrogen) atoms. The van der Waals surface area contributed by atoms with Crippen LogP contribution in [0.2, 0.25) is 0 Å². The molecule has 0 unspecified atom stereocenters. The van der Waals surface area contributed by atoms with Gasteiger partial charge < -0.3 is 10.2 Å². The Bertz CT molecular complexity index is 434. The molecule has 0 aromatic heterocycles. The molecule has 1 rings (SSSR count). The molecule has 1 heterocycles. The summed E-state index contributed by atoms with van der Waals surface area (Å²) in [6, 6.07) is 0. The minimum atomic E-state index is -3.07. The quantitative estimate of drug-likeness (QED) is 0.291. The average molecular weight is 446 g/mol. The second-order valence-electron chi connectivity index (χ2n) is 5.72. The Morgan fingerprint density at radius 2 is 1.95 bits per heavy atom. The molecule has 0 radical (unpaired) electrons. The lowest BCUT2D eigenvalue weighted by Gasteiger charge is -2.33. The first-order chi connectivity index (χ1) is 9.90.